The third kappa shape index (κ3) is 3.22. The molecule has 1 aliphatic carbocycles. The van der Waals surface area contributed by atoms with Crippen LogP contribution >= 0.6 is 0 Å². The number of hydrogen-bond donors (Lipinski definition) is 0. The zero-order valence-corrected chi connectivity index (χ0v) is 10.0. The Morgan fingerprint density at radius 3 is 2.80 bits per heavy atom. The number of Topliss-reactive ketones (excluding diaryl/α,β-unsaturated/α-hetero) is 1. The summed E-state index contributed by atoms with van der Waals surface area (Å²) in [5.41, 5.74) is 0.812. The van der Waals surface area contributed by atoms with Gasteiger partial charge in [-0.2, -0.15) is 0 Å². The van der Waals surface area contributed by atoms with Crippen molar-refractivity contribution in [3.63, 3.8) is 0 Å². The molecule has 84 valence electrons. The molecular formula is C13H20O2. The second kappa shape index (κ2) is 5.15. The maximum absolute atomic E-state index is 11.8. The first kappa shape index (κ1) is 12.0. The van der Waals surface area contributed by atoms with Crippen molar-refractivity contribution in [2.45, 2.75) is 34.1 Å². The Hall–Kier alpha value is -1.05. The molecular weight excluding hydrogens is 188 g/mol. The van der Waals surface area contributed by atoms with Gasteiger partial charge in [0.25, 0.3) is 0 Å². The van der Waals surface area contributed by atoms with Crippen molar-refractivity contribution >= 4 is 5.78 Å². The molecule has 0 fully saturated rings. The molecule has 0 aromatic carbocycles. The molecule has 0 saturated heterocycles. The number of hydrogen-bond acceptors (Lipinski definition) is 2. The van der Waals surface area contributed by atoms with Crippen molar-refractivity contribution in [3.8, 4) is 0 Å². The zero-order valence-electron chi connectivity index (χ0n) is 10.0. The van der Waals surface area contributed by atoms with Crippen molar-refractivity contribution in [1.29, 1.82) is 0 Å². The van der Waals surface area contributed by atoms with Gasteiger partial charge >= 0.3 is 0 Å². The molecule has 0 N–H and O–H groups in total. The highest BCUT2D eigenvalue weighted by molar-refractivity contribution is 5.99. The van der Waals surface area contributed by atoms with Gasteiger partial charge in [0.1, 0.15) is 0 Å². The van der Waals surface area contributed by atoms with Crippen LogP contribution in [0.3, 0.4) is 0 Å². The van der Waals surface area contributed by atoms with Gasteiger partial charge in [0, 0.05) is 17.9 Å². The molecule has 1 unspecified atom stereocenters. The van der Waals surface area contributed by atoms with Gasteiger partial charge in [0.05, 0.1) is 12.4 Å². The van der Waals surface area contributed by atoms with E-state index >= 15 is 0 Å². The van der Waals surface area contributed by atoms with E-state index in [0.29, 0.717) is 12.5 Å². The largest absolute Gasteiger partial charge is 0.498 e. The van der Waals surface area contributed by atoms with E-state index in [2.05, 4.69) is 6.92 Å². The van der Waals surface area contributed by atoms with E-state index in [1.165, 1.54) is 0 Å². The molecule has 1 aliphatic rings. The molecule has 2 nitrogen and oxygen atoms in total. The number of allylic oxidation sites excluding steroid dienone is 4. The lowest BCUT2D eigenvalue weighted by Crippen LogP contribution is -2.14. The SMILES string of the molecule is CCOC1=CC(C(=O)C(C)C)=CC(C)C1. The van der Waals surface area contributed by atoms with Crippen LogP contribution in [0, 0.1) is 11.8 Å². The summed E-state index contributed by atoms with van der Waals surface area (Å²) >= 11 is 0. The highest BCUT2D eigenvalue weighted by Crippen LogP contribution is 2.25. The Morgan fingerprint density at radius 1 is 1.60 bits per heavy atom. The molecule has 0 saturated carbocycles. The van der Waals surface area contributed by atoms with Gasteiger partial charge < -0.3 is 4.74 Å². The van der Waals surface area contributed by atoms with Crippen LogP contribution in [0.25, 0.3) is 0 Å². The van der Waals surface area contributed by atoms with Crippen LogP contribution < -0.4 is 0 Å². The van der Waals surface area contributed by atoms with Crippen molar-refractivity contribution in [3.05, 3.63) is 23.5 Å². The monoisotopic (exact) mass is 208 g/mol. The van der Waals surface area contributed by atoms with Crippen LogP contribution in [0.2, 0.25) is 0 Å². The maximum atomic E-state index is 11.8. The highest BCUT2D eigenvalue weighted by Gasteiger charge is 2.18. The highest BCUT2D eigenvalue weighted by atomic mass is 16.5. The Balaban J connectivity index is 2.83. The summed E-state index contributed by atoms with van der Waals surface area (Å²) in [6.45, 7) is 8.60. The van der Waals surface area contributed by atoms with Crippen LogP contribution in [0.4, 0.5) is 0 Å². The van der Waals surface area contributed by atoms with Crippen LogP contribution in [0.15, 0.2) is 23.5 Å². The summed E-state index contributed by atoms with van der Waals surface area (Å²) < 4.78 is 5.48. The molecule has 0 bridgehead atoms. The van der Waals surface area contributed by atoms with Crippen LogP contribution in [0.5, 0.6) is 0 Å². The lowest BCUT2D eigenvalue weighted by atomic mass is 9.91. The Kier molecular flexibility index (Phi) is 4.13. The van der Waals surface area contributed by atoms with Gasteiger partial charge in [-0.1, -0.05) is 26.8 Å². The number of carbonyl (C=O) groups is 1. The van der Waals surface area contributed by atoms with Crippen LogP contribution in [-0.2, 0) is 9.53 Å². The molecule has 0 aromatic rings. The molecule has 1 atom stereocenters. The van der Waals surface area contributed by atoms with E-state index in [1.807, 2.05) is 32.9 Å². The molecule has 2 heteroatoms. The lowest BCUT2D eigenvalue weighted by Gasteiger charge is -2.19. The predicted octanol–water partition coefficient (Wildman–Crippen LogP) is 3.10. The number of ether oxygens (including phenoxy) is 1. The molecule has 0 amide bonds. The smallest absolute Gasteiger partial charge is 0.165 e. The molecule has 0 heterocycles. The van der Waals surface area contributed by atoms with E-state index < -0.39 is 0 Å². The van der Waals surface area contributed by atoms with Gasteiger partial charge in [-0.3, -0.25) is 4.79 Å². The van der Waals surface area contributed by atoms with Crippen LogP contribution in [-0.4, -0.2) is 12.4 Å². The summed E-state index contributed by atoms with van der Waals surface area (Å²) in [7, 11) is 0. The Labute approximate surface area is 92.0 Å². The van der Waals surface area contributed by atoms with Gasteiger partial charge in [-0.15, -0.1) is 0 Å². The van der Waals surface area contributed by atoms with Crippen molar-refractivity contribution in [1.82, 2.24) is 0 Å². The number of ketones is 1. The summed E-state index contributed by atoms with van der Waals surface area (Å²) in [6.07, 6.45) is 4.85. The molecule has 0 radical (unpaired) electrons. The van der Waals surface area contributed by atoms with Crippen molar-refractivity contribution in [2.24, 2.45) is 11.8 Å². The summed E-state index contributed by atoms with van der Waals surface area (Å²) in [5, 5.41) is 0. The number of rotatable bonds is 4. The third-order valence-electron chi connectivity index (χ3n) is 2.44. The minimum atomic E-state index is 0.0562. The van der Waals surface area contributed by atoms with E-state index in [4.69, 9.17) is 4.74 Å². The van der Waals surface area contributed by atoms with E-state index in [9.17, 15) is 4.79 Å². The van der Waals surface area contributed by atoms with Gasteiger partial charge in [-0.05, 0) is 18.9 Å². The first-order valence-electron chi connectivity index (χ1n) is 5.64. The Morgan fingerprint density at radius 2 is 2.27 bits per heavy atom. The quantitative estimate of drug-likeness (QED) is 0.709. The second-order valence-corrected chi connectivity index (χ2v) is 4.37. The summed E-state index contributed by atoms with van der Waals surface area (Å²) in [4.78, 5) is 11.8. The predicted molar refractivity (Wildman–Crippen MR) is 61.4 cm³/mol. The molecule has 0 spiro atoms. The van der Waals surface area contributed by atoms with Crippen molar-refractivity contribution in [2.75, 3.05) is 6.61 Å². The fraction of sp³-hybridized carbons (Fsp3) is 0.615. The minimum Gasteiger partial charge on any atom is -0.498 e. The lowest BCUT2D eigenvalue weighted by molar-refractivity contribution is -0.118. The molecule has 1 rings (SSSR count). The van der Waals surface area contributed by atoms with Crippen molar-refractivity contribution < 1.29 is 9.53 Å². The first-order chi connectivity index (χ1) is 7.04. The topological polar surface area (TPSA) is 26.3 Å². The van der Waals surface area contributed by atoms with E-state index in [-0.39, 0.29) is 11.7 Å². The first-order valence-corrected chi connectivity index (χ1v) is 5.64. The standard InChI is InChI=1S/C13H20O2/c1-5-15-12-7-10(4)6-11(8-12)13(14)9(2)3/h6,8-10H,5,7H2,1-4H3. The fourth-order valence-electron chi connectivity index (χ4n) is 1.74. The number of carbonyl (C=O) groups excluding carboxylic acids is 1. The minimum absolute atomic E-state index is 0.0562. The molecule has 0 aromatic heterocycles. The third-order valence-corrected chi connectivity index (χ3v) is 2.44. The van der Waals surface area contributed by atoms with E-state index in [0.717, 1.165) is 17.8 Å². The molecule has 15 heavy (non-hydrogen) atoms. The summed E-state index contributed by atoms with van der Waals surface area (Å²) in [5.74, 6) is 1.60. The average Bonchev–Trinajstić information content (AvgIpc) is 2.16. The van der Waals surface area contributed by atoms with E-state index in [1.54, 1.807) is 0 Å². The van der Waals surface area contributed by atoms with Gasteiger partial charge in [-0.25, -0.2) is 0 Å². The summed E-state index contributed by atoms with van der Waals surface area (Å²) in [6, 6.07) is 0. The molecule has 0 aliphatic heterocycles. The van der Waals surface area contributed by atoms with Gasteiger partial charge in [0.15, 0.2) is 5.78 Å². The maximum Gasteiger partial charge on any atom is 0.165 e. The zero-order chi connectivity index (χ0) is 11.4. The Bertz CT molecular complexity index is 298. The average molecular weight is 208 g/mol. The van der Waals surface area contributed by atoms with Gasteiger partial charge in [0.2, 0.25) is 0 Å². The van der Waals surface area contributed by atoms with Crippen LogP contribution in [0.1, 0.15) is 34.1 Å². The fourth-order valence-corrected chi connectivity index (χ4v) is 1.74. The second-order valence-electron chi connectivity index (χ2n) is 4.37. The normalized spacial score (nSPS) is 21.0.